The first-order chi connectivity index (χ1) is 16.5. The van der Waals surface area contributed by atoms with Crippen molar-refractivity contribution >= 4 is 34.4 Å². The minimum atomic E-state index is -0.407. The molecule has 0 fully saturated rings. The minimum absolute atomic E-state index is 0.0359. The third kappa shape index (κ3) is 5.28. The molecule has 0 saturated carbocycles. The monoisotopic (exact) mass is 473 g/mol. The molecular weight excluding hydrogens is 442 g/mol. The molecule has 4 aromatic rings. The van der Waals surface area contributed by atoms with Crippen molar-refractivity contribution in [2.24, 2.45) is 0 Å². The van der Waals surface area contributed by atoms with Crippen molar-refractivity contribution in [3.8, 4) is 5.75 Å². The molecule has 0 bridgehead atoms. The summed E-state index contributed by atoms with van der Waals surface area (Å²) in [6.07, 6.45) is 2.75. The molecule has 5 nitrogen and oxygen atoms in total. The van der Waals surface area contributed by atoms with E-state index >= 15 is 0 Å². The molecule has 0 spiro atoms. The van der Waals surface area contributed by atoms with Gasteiger partial charge < -0.3 is 14.6 Å². The number of carbonyl (C=O) groups is 1. The summed E-state index contributed by atoms with van der Waals surface area (Å²) in [5.74, 6) is 2.34. The molecule has 3 aromatic carbocycles. The number of ether oxygens (including phenoxy) is 1. The number of rotatable bonds is 9. The van der Waals surface area contributed by atoms with Gasteiger partial charge in [-0.05, 0) is 74.6 Å². The van der Waals surface area contributed by atoms with Gasteiger partial charge >= 0.3 is 0 Å². The third-order valence-electron chi connectivity index (χ3n) is 6.00. The Balaban J connectivity index is 1.71. The van der Waals surface area contributed by atoms with Crippen molar-refractivity contribution in [1.29, 1.82) is 0 Å². The number of hydrogen-bond acceptors (Lipinski definition) is 4. The summed E-state index contributed by atoms with van der Waals surface area (Å²) in [5, 5.41) is 3.21. The molecular formula is C28H31N3O2S. The fraction of sp³-hybridized carbons (Fsp3) is 0.286. The number of thioether (sulfide) groups is 1. The quantitative estimate of drug-likeness (QED) is 0.303. The van der Waals surface area contributed by atoms with Gasteiger partial charge in [0.25, 0.3) is 0 Å². The van der Waals surface area contributed by atoms with E-state index < -0.39 is 6.04 Å². The first-order valence-corrected chi connectivity index (χ1v) is 12.9. The predicted molar refractivity (Wildman–Crippen MR) is 142 cm³/mol. The van der Waals surface area contributed by atoms with Gasteiger partial charge in [-0.15, -0.1) is 0 Å². The Morgan fingerprint density at radius 3 is 2.41 bits per heavy atom. The number of fused-ring (bicyclic) bond motifs is 1. The van der Waals surface area contributed by atoms with Crippen molar-refractivity contribution in [1.82, 2.24) is 9.55 Å². The normalized spacial score (nSPS) is 12.0. The van der Waals surface area contributed by atoms with E-state index in [1.807, 2.05) is 87.5 Å². The molecule has 0 aliphatic carbocycles. The van der Waals surface area contributed by atoms with Gasteiger partial charge in [-0.3, -0.25) is 4.79 Å². The van der Waals surface area contributed by atoms with Crippen LogP contribution < -0.4 is 10.1 Å². The molecule has 4 rings (SSSR count). The van der Waals surface area contributed by atoms with E-state index in [9.17, 15) is 4.79 Å². The van der Waals surface area contributed by atoms with E-state index in [-0.39, 0.29) is 12.5 Å². The predicted octanol–water partition coefficient (Wildman–Crippen LogP) is 6.47. The Morgan fingerprint density at radius 2 is 1.71 bits per heavy atom. The summed E-state index contributed by atoms with van der Waals surface area (Å²) in [5.41, 5.74) is 5.96. The van der Waals surface area contributed by atoms with Crippen LogP contribution in [0.1, 0.15) is 35.0 Å². The summed E-state index contributed by atoms with van der Waals surface area (Å²) in [7, 11) is 0. The highest BCUT2D eigenvalue weighted by atomic mass is 32.2. The summed E-state index contributed by atoms with van der Waals surface area (Å²) in [4.78, 5) is 18.6. The fourth-order valence-corrected chi connectivity index (χ4v) is 4.61. The number of hydrogen-bond donors (Lipinski definition) is 1. The first kappa shape index (κ1) is 23.9. The second-order valence-corrected chi connectivity index (χ2v) is 9.53. The molecule has 1 atom stereocenters. The number of anilines is 1. The van der Waals surface area contributed by atoms with Gasteiger partial charge in [-0.2, -0.15) is 11.8 Å². The number of aryl methyl sites for hydroxylation is 3. The highest BCUT2D eigenvalue weighted by Crippen LogP contribution is 2.28. The number of para-hydroxylation sites is 3. The highest BCUT2D eigenvalue weighted by Gasteiger charge is 2.26. The lowest BCUT2D eigenvalue weighted by atomic mass is 10.1. The molecule has 6 heteroatoms. The average molecular weight is 474 g/mol. The SMILES string of the molecule is CSCCC(C(=O)Nc1c(C)cccc1C)n1c(COc2ccc(C)cc2)nc2ccccc21. The number of nitrogens with one attached hydrogen (secondary N) is 1. The van der Waals surface area contributed by atoms with Crippen LogP contribution in [0.5, 0.6) is 5.75 Å². The van der Waals surface area contributed by atoms with Crippen LogP contribution in [-0.4, -0.2) is 27.5 Å². The Bertz CT molecular complexity index is 1260. The summed E-state index contributed by atoms with van der Waals surface area (Å²) >= 11 is 1.74. The second kappa shape index (κ2) is 10.8. The molecule has 1 N–H and O–H groups in total. The summed E-state index contributed by atoms with van der Waals surface area (Å²) in [6, 6.07) is 21.6. The Hall–Kier alpha value is -3.25. The van der Waals surface area contributed by atoms with Gasteiger partial charge in [0.1, 0.15) is 24.2 Å². The van der Waals surface area contributed by atoms with Gasteiger partial charge in [0.05, 0.1) is 11.0 Å². The maximum atomic E-state index is 13.7. The van der Waals surface area contributed by atoms with Crippen LogP contribution in [0.15, 0.2) is 66.7 Å². The van der Waals surface area contributed by atoms with E-state index in [1.165, 1.54) is 5.56 Å². The summed E-state index contributed by atoms with van der Waals surface area (Å²) < 4.78 is 8.15. The maximum Gasteiger partial charge on any atom is 0.247 e. The van der Waals surface area contributed by atoms with E-state index in [0.717, 1.165) is 45.2 Å². The number of amides is 1. The zero-order chi connectivity index (χ0) is 24.1. The van der Waals surface area contributed by atoms with Gasteiger partial charge in [-0.1, -0.05) is 48.0 Å². The topological polar surface area (TPSA) is 56.2 Å². The molecule has 0 saturated heterocycles. The molecule has 0 aliphatic heterocycles. The van der Waals surface area contributed by atoms with Crippen molar-refractivity contribution in [2.45, 2.75) is 39.8 Å². The molecule has 1 heterocycles. The number of benzene rings is 3. The number of imidazole rings is 1. The first-order valence-electron chi connectivity index (χ1n) is 11.5. The standard InChI is InChI=1S/C28H31N3O2S/c1-19-12-14-22(15-13-19)33-18-26-29-23-10-5-6-11-24(23)31(26)25(16-17-34-4)28(32)30-27-20(2)8-7-9-21(27)3/h5-15,25H,16-18H2,1-4H3,(H,30,32). The Morgan fingerprint density at radius 1 is 1.00 bits per heavy atom. The van der Waals surface area contributed by atoms with Crippen molar-refractivity contribution in [3.63, 3.8) is 0 Å². The van der Waals surface area contributed by atoms with E-state index in [2.05, 4.69) is 16.1 Å². The lowest BCUT2D eigenvalue weighted by molar-refractivity contribution is -0.119. The number of nitrogens with zero attached hydrogens (tertiary/aromatic N) is 2. The molecule has 0 radical (unpaired) electrons. The fourth-order valence-electron chi connectivity index (χ4n) is 4.15. The maximum absolute atomic E-state index is 13.7. The largest absolute Gasteiger partial charge is 0.486 e. The smallest absolute Gasteiger partial charge is 0.247 e. The second-order valence-electron chi connectivity index (χ2n) is 8.54. The Kier molecular flexibility index (Phi) is 7.58. The van der Waals surface area contributed by atoms with Crippen molar-refractivity contribution in [3.05, 3.63) is 89.2 Å². The van der Waals surface area contributed by atoms with Gasteiger partial charge in [-0.25, -0.2) is 4.98 Å². The van der Waals surface area contributed by atoms with Crippen LogP contribution >= 0.6 is 11.8 Å². The van der Waals surface area contributed by atoms with Crippen molar-refractivity contribution < 1.29 is 9.53 Å². The van der Waals surface area contributed by atoms with Gasteiger partial charge in [0, 0.05) is 5.69 Å². The highest BCUT2D eigenvalue weighted by molar-refractivity contribution is 7.98. The lowest BCUT2D eigenvalue weighted by Gasteiger charge is -2.22. The van der Waals surface area contributed by atoms with Crippen LogP contribution in [0, 0.1) is 20.8 Å². The number of carbonyl (C=O) groups excluding carboxylic acids is 1. The van der Waals surface area contributed by atoms with E-state index in [4.69, 9.17) is 9.72 Å². The minimum Gasteiger partial charge on any atom is -0.486 e. The molecule has 34 heavy (non-hydrogen) atoms. The molecule has 176 valence electrons. The number of aromatic nitrogens is 2. The molecule has 1 aromatic heterocycles. The van der Waals surface area contributed by atoms with Gasteiger partial charge in [0.15, 0.2) is 0 Å². The van der Waals surface area contributed by atoms with Crippen molar-refractivity contribution in [2.75, 3.05) is 17.3 Å². The van der Waals surface area contributed by atoms with Crippen LogP contribution in [0.4, 0.5) is 5.69 Å². The van der Waals surface area contributed by atoms with E-state index in [0.29, 0.717) is 6.42 Å². The third-order valence-corrected chi connectivity index (χ3v) is 6.64. The Labute approximate surface area is 205 Å². The summed E-state index contributed by atoms with van der Waals surface area (Å²) in [6.45, 7) is 6.37. The van der Waals surface area contributed by atoms with Gasteiger partial charge in [0.2, 0.25) is 5.91 Å². The van der Waals surface area contributed by atoms with Crippen LogP contribution in [0.2, 0.25) is 0 Å². The molecule has 1 amide bonds. The van der Waals surface area contributed by atoms with Crippen LogP contribution in [-0.2, 0) is 11.4 Å². The average Bonchev–Trinajstić information content (AvgIpc) is 3.20. The molecule has 1 unspecified atom stereocenters. The van der Waals surface area contributed by atoms with Crippen LogP contribution in [0.25, 0.3) is 11.0 Å². The zero-order valence-corrected chi connectivity index (χ0v) is 21.0. The van der Waals surface area contributed by atoms with E-state index in [1.54, 1.807) is 11.8 Å². The van der Waals surface area contributed by atoms with Crippen LogP contribution in [0.3, 0.4) is 0 Å². The lowest BCUT2D eigenvalue weighted by Crippen LogP contribution is -2.29. The molecule has 0 aliphatic rings. The zero-order valence-electron chi connectivity index (χ0n) is 20.2.